The minimum absolute atomic E-state index is 0. The van der Waals surface area contributed by atoms with Gasteiger partial charge in [-0.15, -0.1) is 0 Å². The van der Waals surface area contributed by atoms with Crippen LogP contribution >= 0.6 is 0 Å². The van der Waals surface area contributed by atoms with Crippen molar-refractivity contribution in [2.75, 3.05) is 0 Å². The average Bonchev–Trinajstić information content (AvgIpc) is 1.00. The Morgan fingerprint density at radius 1 is 1.25 bits per heavy atom. The first-order chi connectivity index (χ1) is 1.00. The van der Waals surface area contributed by atoms with E-state index in [1.165, 1.54) is 0 Å². The van der Waals surface area contributed by atoms with Gasteiger partial charge in [-0.05, 0) is 0 Å². The van der Waals surface area contributed by atoms with E-state index in [1.54, 1.807) is 0 Å². The van der Waals surface area contributed by atoms with Gasteiger partial charge < -0.3 is 8.23 Å². The van der Waals surface area contributed by atoms with Gasteiger partial charge in [0.05, 0.1) is 0 Å². The van der Waals surface area contributed by atoms with Crippen LogP contribution in [0.15, 0.2) is 0 Å². The largest absolute Gasteiger partial charge is 1.00 e. The molecule has 0 fully saturated rings. The van der Waals surface area contributed by atoms with E-state index in [9.17, 15) is 3.52 Å². The summed E-state index contributed by atoms with van der Waals surface area (Å²) in [7, 11) is 0. The van der Waals surface area contributed by atoms with Crippen molar-refractivity contribution in [3.63, 3.8) is 0 Å². The number of hydrogen-bond donors (Lipinski definition) is 0. The van der Waals surface area contributed by atoms with Crippen LogP contribution in [0.4, 0.5) is 3.52 Å². The Labute approximate surface area is 44.2 Å². The smallest absolute Gasteiger partial charge is 1.00 e. The molecule has 0 rings (SSSR count). The van der Waals surface area contributed by atoms with Gasteiger partial charge in [0.25, 0.3) is 0 Å². The molecule has 0 atom stereocenters. The zero-order valence-corrected chi connectivity index (χ0v) is 4.76. The van der Waals surface area contributed by atoms with E-state index < -0.39 is 0 Å². The second-order valence-corrected chi connectivity index (χ2v) is 0. The molecule has 4 heavy (non-hydrogen) atoms. The molecule has 0 aliphatic rings. The third-order valence-electron chi connectivity index (χ3n) is 0. The van der Waals surface area contributed by atoms with Crippen molar-refractivity contribution >= 4 is 16.7 Å². The molecule has 4 heteroatoms. The van der Waals surface area contributed by atoms with Gasteiger partial charge in [0.15, 0.2) is 0 Å². The Kier molecular flexibility index (Phi) is 183. The fourth-order valence-electron chi connectivity index (χ4n) is 0. The summed E-state index contributed by atoms with van der Waals surface area (Å²) in [5.74, 6) is 0. The fraction of sp³-hybridized carbons (Fsp3) is 0. The van der Waals surface area contributed by atoms with E-state index in [0.717, 1.165) is 0 Å². The zero-order chi connectivity index (χ0) is 2.00. The van der Waals surface area contributed by atoms with Crippen molar-refractivity contribution < 1.29 is 27.1 Å². The SMILES string of the molecule is [F-].[F][AlH2].[Li+]. The summed E-state index contributed by atoms with van der Waals surface area (Å²) in [5.41, 5.74) is 0. The van der Waals surface area contributed by atoms with E-state index in [1.807, 2.05) is 0 Å². The predicted molar refractivity (Wildman–Crippen MR) is 9.65 cm³/mol. The first-order valence-electron chi connectivity index (χ1n) is 0.378. The van der Waals surface area contributed by atoms with Crippen LogP contribution in [0.3, 0.4) is 0 Å². The van der Waals surface area contributed by atoms with Gasteiger partial charge in [0.2, 0.25) is 0 Å². The molecular formula is H2AlF2Li. The quantitative estimate of drug-likeness (QED) is 0.251. The minimum Gasteiger partial charge on any atom is -1.00 e. The van der Waals surface area contributed by atoms with E-state index in [-0.39, 0.29) is 40.3 Å². The van der Waals surface area contributed by atoms with E-state index in [0.29, 0.717) is 0 Å². The molecule has 0 saturated heterocycles. The van der Waals surface area contributed by atoms with Gasteiger partial charge in [0.1, 0.15) is 0 Å². The molecule has 0 aliphatic heterocycles. The van der Waals surface area contributed by atoms with Crippen molar-refractivity contribution in [2.24, 2.45) is 0 Å². The molecule has 0 N–H and O–H groups in total. The van der Waals surface area contributed by atoms with Gasteiger partial charge >= 0.3 is 35.6 Å². The Morgan fingerprint density at radius 3 is 1.25 bits per heavy atom. The molecule has 0 saturated carbocycles. The van der Waals surface area contributed by atoms with Crippen LogP contribution in [0.5, 0.6) is 0 Å². The molecule has 0 bridgehead atoms. The first-order valence-corrected chi connectivity index (χ1v) is 1.13. The normalized spacial score (nSPS) is 1.25. The number of halogens is 2. The molecule has 0 unspecified atom stereocenters. The van der Waals surface area contributed by atoms with Crippen LogP contribution in [-0.4, -0.2) is 16.7 Å². The van der Waals surface area contributed by atoms with Crippen molar-refractivity contribution in [1.29, 1.82) is 0 Å². The zero-order valence-electron chi connectivity index (χ0n) is 2.76. The van der Waals surface area contributed by atoms with Crippen LogP contribution in [0.2, 0.25) is 0 Å². The van der Waals surface area contributed by atoms with Gasteiger partial charge in [-0.1, -0.05) is 0 Å². The Morgan fingerprint density at radius 2 is 1.25 bits per heavy atom. The van der Waals surface area contributed by atoms with Gasteiger partial charge in [-0.3, -0.25) is 0 Å². The van der Waals surface area contributed by atoms with E-state index in [4.69, 9.17) is 0 Å². The third-order valence-corrected chi connectivity index (χ3v) is 0. The van der Waals surface area contributed by atoms with Crippen LogP contribution in [-0.2, 0) is 0 Å². The van der Waals surface area contributed by atoms with Crippen molar-refractivity contribution in [1.82, 2.24) is 0 Å². The second kappa shape index (κ2) is 36.4. The average molecular weight is 73.9 g/mol. The molecule has 0 radical (unpaired) electrons. The fourth-order valence-corrected chi connectivity index (χ4v) is 0. The van der Waals surface area contributed by atoms with E-state index in [2.05, 4.69) is 0 Å². The van der Waals surface area contributed by atoms with Crippen LogP contribution in [0, 0.1) is 0 Å². The molecule has 0 aromatic heterocycles. The third kappa shape index (κ3) is 12.1. The molecule has 0 heterocycles. The topological polar surface area (TPSA) is 0 Å². The summed E-state index contributed by atoms with van der Waals surface area (Å²) in [6.45, 7) is 0. The van der Waals surface area contributed by atoms with Crippen LogP contribution < -0.4 is 23.6 Å². The van der Waals surface area contributed by atoms with Gasteiger partial charge in [-0.25, -0.2) is 0 Å². The monoisotopic (exact) mass is 74.0 g/mol. The van der Waals surface area contributed by atoms with Crippen molar-refractivity contribution in [3.8, 4) is 0 Å². The Bertz CT molecular complexity index is 6.00. The summed E-state index contributed by atoms with van der Waals surface area (Å²) in [6, 6.07) is 0. The maximum absolute atomic E-state index is 9.64. The molecule has 0 aromatic rings. The maximum atomic E-state index is 9.64. The summed E-state index contributed by atoms with van der Waals surface area (Å²) < 4.78 is 9.64. The van der Waals surface area contributed by atoms with E-state index >= 15 is 0 Å². The summed E-state index contributed by atoms with van der Waals surface area (Å²) in [6.07, 6.45) is 0. The molecule has 0 spiro atoms. The standard InChI is InChI=1S/Al.2FH.Li.2H/h;2*1H;;;/q+1;;;+1;;/p-2. The number of hydrogen-bond acceptors (Lipinski definition) is 0. The Balaban J connectivity index is -0.00000000500. The van der Waals surface area contributed by atoms with Crippen molar-refractivity contribution in [3.05, 3.63) is 0 Å². The van der Waals surface area contributed by atoms with Crippen molar-refractivity contribution in [2.45, 2.75) is 0 Å². The van der Waals surface area contributed by atoms with Gasteiger partial charge in [-0.2, -0.15) is 0 Å². The molecule has 0 amide bonds. The predicted octanol–water partition coefficient (Wildman–Crippen LogP) is -6.49. The molecular weight excluding hydrogens is 71.9 g/mol. The molecule has 0 aromatic carbocycles. The van der Waals surface area contributed by atoms with Gasteiger partial charge in [0, 0.05) is 0 Å². The van der Waals surface area contributed by atoms with Crippen LogP contribution in [0.25, 0.3) is 0 Å². The first kappa shape index (κ1) is 20.1. The summed E-state index contributed by atoms with van der Waals surface area (Å²) in [5, 5.41) is 0. The molecule has 20 valence electrons. The molecule has 0 aliphatic carbocycles. The summed E-state index contributed by atoms with van der Waals surface area (Å²) >= 11 is -0.194. The Hall–Kier alpha value is 0.990. The second-order valence-electron chi connectivity index (χ2n) is 0. The minimum atomic E-state index is -0.194. The van der Waals surface area contributed by atoms with Crippen LogP contribution in [0.1, 0.15) is 0 Å². The summed E-state index contributed by atoms with van der Waals surface area (Å²) in [4.78, 5) is 0. The number of rotatable bonds is 0. The maximum Gasteiger partial charge on any atom is 1.00 e. The molecule has 0 nitrogen and oxygen atoms in total.